The smallest absolute Gasteiger partial charge is 0.305 e. The number of hydrogen-bond donors (Lipinski definition) is 3. The summed E-state index contributed by atoms with van der Waals surface area (Å²) in [6, 6.07) is 19.9. The van der Waals surface area contributed by atoms with E-state index < -0.39 is 17.9 Å². The van der Waals surface area contributed by atoms with Crippen LogP contribution in [0.3, 0.4) is 0 Å². The van der Waals surface area contributed by atoms with Crippen LogP contribution in [0.1, 0.15) is 28.5 Å². The predicted molar refractivity (Wildman–Crippen MR) is 125 cm³/mol. The van der Waals surface area contributed by atoms with Crippen molar-refractivity contribution in [1.82, 2.24) is 15.1 Å². The molecule has 4 rings (SSSR count). The summed E-state index contributed by atoms with van der Waals surface area (Å²) in [5, 5.41) is 26.8. The third-order valence-corrected chi connectivity index (χ3v) is 5.39. The van der Waals surface area contributed by atoms with Crippen molar-refractivity contribution in [2.45, 2.75) is 12.5 Å². The Morgan fingerprint density at radius 2 is 1.65 bits per heavy atom. The summed E-state index contributed by atoms with van der Waals surface area (Å²) in [6.07, 6.45) is -0.359. The molecule has 0 saturated carbocycles. The van der Waals surface area contributed by atoms with Gasteiger partial charge in [0.2, 0.25) is 5.88 Å². The number of aromatic hydroxyl groups is 1. The summed E-state index contributed by atoms with van der Waals surface area (Å²) >= 11 is 5.98. The molecule has 0 aliphatic heterocycles. The van der Waals surface area contributed by atoms with Crippen LogP contribution in [-0.2, 0) is 4.79 Å². The van der Waals surface area contributed by atoms with Crippen molar-refractivity contribution < 1.29 is 24.2 Å². The number of benzene rings is 3. The Bertz CT molecular complexity index is 1340. The Balaban J connectivity index is 1.56. The van der Waals surface area contributed by atoms with Crippen LogP contribution in [0.25, 0.3) is 16.8 Å². The number of rotatable bonds is 7. The minimum atomic E-state index is -1.10. The standard InChI is InChI=1S/C25H19ClFN3O4/c26-18-2-1-3-20(12-18)30-23(31)13-22(29-30)25(34)28-21(14-24(32)33)17-6-4-15(5-7-17)16-8-10-19(27)11-9-16/h1-13,21,31H,14H2,(H,28,34)(H,32,33). The molecule has 0 aliphatic carbocycles. The molecule has 0 fully saturated rings. The molecule has 0 radical (unpaired) electrons. The van der Waals surface area contributed by atoms with Crippen molar-refractivity contribution in [3.8, 4) is 22.7 Å². The third kappa shape index (κ3) is 5.24. The van der Waals surface area contributed by atoms with Crippen molar-refractivity contribution in [2.75, 3.05) is 0 Å². The molecular weight excluding hydrogens is 461 g/mol. The lowest BCUT2D eigenvalue weighted by Gasteiger charge is -2.17. The molecule has 1 amide bonds. The zero-order valence-electron chi connectivity index (χ0n) is 17.7. The molecule has 3 N–H and O–H groups in total. The number of carbonyl (C=O) groups excluding carboxylic acids is 1. The quantitative estimate of drug-likeness (QED) is 0.346. The first kappa shape index (κ1) is 23.0. The predicted octanol–water partition coefficient (Wildman–Crippen LogP) is 4.98. The molecule has 34 heavy (non-hydrogen) atoms. The van der Waals surface area contributed by atoms with Gasteiger partial charge in [-0.15, -0.1) is 0 Å². The fourth-order valence-corrected chi connectivity index (χ4v) is 3.67. The van der Waals surface area contributed by atoms with Gasteiger partial charge in [0, 0.05) is 11.1 Å². The summed E-state index contributed by atoms with van der Waals surface area (Å²) in [6.45, 7) is 0. The van der Waals surface area contributed by atoms with E-state index in [2.05, 4.69) is 10.4 Å². The number of halogens is 2. The lowest BCUT2D eigenvalue weighted by atomic mass is 9.99. The highest BCUT2D eigenvalue weighted by molar-refractivity contribution is 6.30. The number of amides is 1. The van der Waals surface area contributed by atoms with Crippen LogP contribution in [0.4, 0.5) is 4.39 Å². The normalized spacial score (nSPS) is 11.7. The average Bonchev–Trinajstić information content (AvgIpc) is 3.21. The first-order chi connectivity index (χ1) is 16.3. The number of aliphatic carboxylic acids is 1. The van der Waals surface area contributed by atoms with Gasteiger partial charge >= 0.3 is 5.97 Å². The monoisotopic (exact) mass is 479 g/mol. The third-order valence-electron chi connectivity index (χ3n) is 5.15. The summed E-state index contributed by atoms with van der Waals surface area (Å²) in [5.41, 5.74) is 2.56. The van der Waals surface area contributed by atoms with Crippen molar-refractivity contribution >= 4 is 23.5 Å². The van der Waals surface area contributed by atoms with Gasteiger partial charge in [0.15, 0.2) is 5.69 Å². The summed E-state index contributed by atoms with van der Waals surface area (Å²) in [4.78, 5) is 24.3. The van der Waals surface area contributed by atoms with E-state index in [4.69, 9.17) is 11.6 Å². The zero-order chi connectivity index (χ0) is 24.2. The molecule has 1 aromatic heterocycles. The maximum atomic E-state index is 13.2. The van der Waals surface area contributed by atoms with Gasteiger partial charge in [0.25, 0.3) is 5.91 Å². The topological polar surface area (TPSA) is 104 Å². The van der Waals surface area contributed by atoms with Crippen LogP contribution < -0.4 is 5.32 Å². The SMILES string of the molecule is O=C(O)CC(NC(=O)c1cc(O)n(-c2cccc(Cl)c2)n1)c1ccc(-c2ccc(F)cc2)cc1. The molecule has 1 atom stereocenters. The summed E-state index contributed by atoms with van der Waals surface area (Å²) < 4.78 is 14.3. The summed E-state index contributed by atoms with van der Waals surface area (Å²) in [7, 11) is 0. The maximum absolute atomic E-state index is 13.2. The Kier molecular flexibility index (Phi) is 6.60. The second-order valence-electron chi connectivity index (χ2n) is 7.53. The maximum Gasteiger partial charge on any atom is 0.305 e. The summed E-state index contributed by atoms with van der Waals surface area (Å²) in [5.74, 6) is -2.36. The van der Waals surface area contributed by atoms with E-state index in [1.54, 1.807) is 60.7 Å². The van der Waals surface area contributed by atoms with Crippen LogP contribution in [0.15, 0.2) is 78.9 Å². The number of nitrogens with zero attached hydrogens (tertiary/aromatic N) is 2. The highest BCUT2D eigenvalue weighted by Gasteiger charge is 2.22. The highest BCUT2D eigenvalue weighted by Crippen LogP contribution is 2.25. The van der Waals surface area contributed by atoms with Gasteiger partial charge in [-0.2, -0.15) is 5.10 Å². The largest absolute Gasteiger partial charge is 0.493 e. The fourth-order valence-electron chi connectivity index (χ4n) is 3.49. The number of aromatic nitrogens is 2. The molecule has 0 spiro atoms. The second kappa shape index (κ2) is 9.76. The van der Waals surface area contributed by atoms with Crippen LogP contribution in [0.2, 0.25) is 5.02 Å². The Labute approximate surface area is 199 Å². The first-order valence-electron chi connectivity index (χ1n) is 10.2. The molecule has 7 nitrogen and oxygen atoms in total. The van der Waals surface area contributed by atoms with Crippen molar-refractivity contribution in [3.05, 3.63) is 101 Å². The molecular formula is C25H19ClFN3O4. The number of hydrogen-bond acceptors (Lipinski definition) is 4. The van der Waals surface area contributed by atoms with Crippen LogP contribution in [0, 0.1) is 5.82 Å². The van der Waals surface area contributed by atoms with Gasteiger partial charge < -0.3 is 15.5 Å². The number of carboxylic acids is 1. The van der Waals surface area contributed by atoms with Gasteiger partial charge in [0.05, 0.1) is 18.2 Å². The van der Waals surface area contributed by atoms with E-state index in [1.807, 2.05) is 0 Å². The molecule has 1 unspecified atom stereocenters. The van der Waals surface area contributed by atoms with Crippen LogP contribution >= 0.6 is 11.6 Å². The minimum absolute atomic E-state index is 0.0872. The number of carbonyl (C=O) groups is 2. The molecule has 172 valence electrons. The lowest BCUT2D eigenvalue weighted by molar-refractivity contribution is -0.137. The first-order valence-corrected chi connectivity index (χ1v) is 10.6. The van der Waals surface area contributed by atoms with Crippen LogP contribution in [0.5, 0.6) is 5.88 Å². The lowest BCUT2D eigenvalue weighted by Crippen LogP contribution is -2.30. The molecule has 0 saturated heterocycles. The van der Waals surface area contributed by atoms with Gasteiger partial charge in [-0.05, 0) is 47.0 Å². The molecule has 0 aliphatic rings. The van der Waals surface area contributed by atoms with E-state index in [-0.39, 0.29) is 23.8 Å². The van der Waals surface area contributed by atoms with E-state index in [0.717, 1.165) is 15.8 Å². The van der Waals surface area contributed by atoms with Gasteiger partial charge in [-0.25, -0.2) is 9.07 Å². The highest BCUT2D eigenvalue weighted by atomic mass is 35.5. The average molecular weight is 480 g/mol. The van der Waals surface area contributed by atoms with Crippen LogP contribution in [-0.4, -0.2) is 31.9 Å². The molecule has 1 heterocycles. The number of nitrogens with one attached hydrogen (secondary N) is 1. The van der Waals surface area contributed by atoms with E-state index >= 15 is 0 Å². The van der Waals surface area contributed by atoms with Gasteiger partial charge in [-0.1, -0.05) is 54.1 Å². The molecule has 4 aromatic rings. The zero-order valence-corrected chi connectivity index (χ0v) is 18.4. The molecule has 0 bridgehead atoms. The Morgan fingerprint density at radius 3 is 2.26 bits per heavy atom. The van der Waals surface area contributed by atoms with Gasteiger partial charge in [0.1, 0.15) is 5.82 Å². The van der Waals surface area contributed by atoms with E-state index in [9.17, 15) is 24.2 Å². The number of carboxylic acid groups (broad SMARTS) is 1. The van der Waals surface area contributed by atoms with Crippen molar-refractivity contribution in [2.24, 2.45) is 0 Å². The van der Waals surface area contributed by atoms with Crippen molar-refractivity contribution in [3.63, 3.8) is 0 Å². The minimum Gasteiger partial charge on any atom is -0.493 e. The Hall–Kier alpha value is -4.17. The second-order valence-corrected chi connectivity index (χ2v) is 7.97. The van der Waals surface area contributed by atoms with Gasteiger partial charge in [-0.3, -0.25) is 9.59 Å². The van der Waals surface area contributed by atoms with E-state index in [1.165, 1.54) is 18.2 Å². The van der Waals surface area contributed by atoms with E-state index in [0.29, 0.717) is 16.3 Å². The molecule has 3 aromatic carbocycles. The fraction of sp³-hybridized carbons (Fsp3) is 0.0800. The van der Waals surface area contributed by atoms with Crippen molar-refractivity contribution in [1.29, 1.82) is 0 Å². The Morgan fingerprint density at radius 1 is 1.00 bits per heavy atom. The molecule has 9 heteroatoms.